The van der Waals surface area contributed by atoms with Crippen molar-refractivity contribution in [3.8, 4) is 5.75 Å². The molecule has 1 aliphatic rings. The van der Waals surface area contributed by atoms with Crippen LogP contribution < -0.4 is 10.1 Å². The Morgan fingerprint density at radius 1 is 1.47 bits per heavy atom. The zero-order chi connectivity index (χ0) is 13.8. The zero-order valence-electron chi connectivity index (χ0n) is 11.9. The van der Waals surface area contributed by atoms with Gasteiger partial charge in [-0.2, -0.15) is 0 Å². The summed E-state index contributed by atoms with van der Waals surface area (Å²) in [7, 11) is 0. The molecule has 2 rings (SSSR count). The van der Waals surface area contributed by atoms with E-state index in [1.165, 1.54) is 6.42 Å². The molecule has 1 aromatic heterocycles. The Morgan fingerprint density at radius 2 is 2.26 bits per heavy atom. The van der Waals surface area contributed by atoms with Crippen molar-refractivity contribution in [2.75, 3.05) is 13.1 Å². The first-order chi connectivity index (χ1) is 9.06. The van der Waals surface area contributed by atoms with Gasteiger partial charge >= 0.3 is 0 Å². The lowest BCUT2D eigenvalue weighted by atomic mass is 9.93. The number of pyridine rings is 1. The first kappa shape index (κ1) is 14.6. The van der Waals surface area contributed by atoms with E-state index in [-0.39, 0.29) is 6.10 Å². The highest BCUT2D eigenvalue weighted by Gasteiger charge is 2.27. The molecule has 1 aliphatic heterocycles. The summed E-state index contributed by atoms with van der Waals surface area (Å²) in [4.78, 5) is 4.26. The predicted molar refractivity (Wildman–Crippen MR) is 78.8 cm³/mol. The maximum atomic E-state index is 6.23. The molecule has 1 saturated heterocycles. The minimum Gasteiger partial charge on any atom is -0.488 e. The molecule has 0 aliphatic carbocycles. The van der Waals surface area contributed by atoms with Crippen LogP contribution >= 0.6 is 11.6 Å². The van der Waals surface area contributed by atoms with Gasteiger partial charge in [-0.3, -0.25) is 0 Å². The highest BCUT2D eigenvalue weighted by atomic mass is 35.5. The van der Waals surface area contributed by atoms with Crippen molar-refractivity contribution < 1.29 is 4.74 Å². The van der Waals surface area contributed by atoms with Crippen LogP contribution in [-0.4, -0.2) is 24.2 Å². The molecule has 3 nitrogen and oxygen atoms in total. The van der Waals surface area contributed by atoms with Crippen LogP contribution in [-0.2, 0) is 0 Å². The lowest BCUT2D eigenvalue weighted by molar-refractivity contribution is 0.118. The zero-order valence-corrected chi connectivity index (χ0v) is 12.7. The number of aromatic nitrogens is 1. The third-order valence-corrected chi connectivity index (χ3v) is 3.82. The van der Waals surface area contributed by atoms with E-state index in [9.17, 15) is 0 Å². The van der Waals surface area contributed by atoms with Gasteiger partial charge in [0.2, 0.25) is 0 Å². The fraction of sp³-hybridized carbons (Fsp3) is 0.667. The molecule has 0 aromatic carbocycles. The summed E-state index contributed by atoms with van der Waals surface area (Å²) < 4.78 is 6.23. The van der Waals surface area contributed by atoms with Crippen molar-refractivity contribution in [3.05, 3.63) is 23.0 Å². The lowest BCUT2D eigenvalue weighted by Gasteiger charge is -2.26. The topological polar surface area (TPSA) is 34.1 Å². The SMILES string of the molecule is Cc1nc(Cl)ccc1OC(CC(C)C)C1CCNC1. The minimum atomic E-state index is 0.261. The molecule has 4 heteroatoms. The monoisotopic (exact) mass is 282 g/mol. The van der Waals surface area contributed by atoms with Crippen molar-refractivity contribution in [1.82, 2.24) is 10.3 Å². The molecule has 2 heterocycles. The summed E-state index contributed by atoms with van der Waals surface area (Å²) >= 11 is 5.89. The lowest BCUT2D eigenvalue weighted by Crippen LogP contribution is -2.30. The molecule has 1 aromatic rings. The molecule has 106 valence electrons. The van der Waals surface area contributed by atoms with Gasteiger partial charge in [0.05, 0.1) is 5.69 Å². The summed E-state index contributed by atoms with van der Waals surface area (Å²) in [6, 6.07) is 3.73. The first-order valence-corrected chi connectivity index (χ1v) is 7.44. The maximum absolute atomic E-state index is 6.23. The van der Waals surface area contributed by atoms with Crippen LogP contribution in [0.5, 0.6) is 5.75 Å². The number of nitrogens with one attached hydrogen (secondary N) is 1. The third kappa shape index (κ3) is 4.08. The first-order valence-electron chi connectivity index (χ1n) is 7.06. The van der Waals surface area contributed by atoms with Crippen molar-refractivity contribution >= 4 is 11.6 Å². The molecule has 0 radical (unpaired) electrons. The Bertz CT molecular complexity index is 417. The van der Waals surface area contributed by atoms with E-state index in [0.717, 1.165) is 31.0 Å². The second-order valence-electron chi connectivity index (χ2n) is 5.76. The van der Waals surface area contributed by atoms with Gasteiger partial charge in [0, 0.05) is 12.5 Å². The van der Waals surface area contributed by atoms with E-state index in [0.29, 0.717) is 17.0 Å². The molecule has 0 spiro atoms. The standard InChI is InChI=1S/C15H23ClN2O/c1-10(2)8-14(12-6-7-17-9-12)19-13-4-5-15(16)18-11(13)3/h4-5,10,12,14,17H,6-9H2,1-3H3. The maximum Gasteiger partial charge on any atom is 0.141 e. The number of ether oxygens (including phenoxy) is 1. The Kier molecular flexibility index (Phi) is 5.06. The second kappa shape index (κ2) is 6.58. The van der Waals surface area contributed by atoms with Gasteiger partial charge < -0.3 is 10.1 Å². The fourth-order valence-electron chi connectivity index (χ4n) is 2.60. The van der Waals surface area contributed by atoms with E-state index >= 15 is 0 Å². The molecule has 0 saturated carbocycles. The molecule has 19 heavy (non-hydrogen) atoms. The van der Waals surface area contributed by atoms with Crippen molar-refractivity contribution in [2.45, 2.75) is 39.7 Å². The molecule has 2 unspecified atom stereocenters. The number of halogens is 1. The van der Waals surface area contributed by atoms with E-state index in [1.54, 1.807) is 6.07 Å². The number of aryl methyl sites for hydroxylation is 1. The molecule has 0 amide bonds. The van der Waals surface area contributed by atoms with Crippen LogP contribution in [0, 0.1) is 18.8 Å². The summed E-state index contributed by atoms with van der Waals surface area (Å²) in [6.45, 7) is 8.58. The Balaban J connectivity index is 2.09. The van der Waals surface area contributed by atoms with E-state index in [2.05, 4.69) is 24.1 Å². The average Bonchev–Trinajstić information content (AvgIpc) is 2.84. The van der Waals surface area contributed by atoms with Crippen LogP contribution in [0.15, 0.2) is 12.1 Å². The van der Waals surface area contributed by atoms with Crippen molar-refractivity contribution in [2.24, 2.45) is 11.8 Å². The van der Waals surface area contributed by atoms with Crippen LogP contribution in [0.2, 0.25) is 5.15 Å². The van der Waals surface area contributed by atoms with Gasteiger partial charge in [0.1, 0.15) is 17.0 Å². The Labute approximate surface area is 120 Å². The van der Waals surface area contributed by atoms with E-state index < -0.39 is 0 Å². The summed E-state index contributed by atoms with van der Waals surface area (Å²) in [5.41, 5.74) is 0.868. The highest BCUT2D eigenvalue weighted by Crippen LogP contribution is 2.27. The van der Waals surface area contributed by atoms with Crippen LogP contribution in [0.1, 0.15) is 32.4 Å². The van der Waals surface area contributed by atoms with Crippen molar-refractivity contribution in [3.63, 3.8) is 0 Å². The molecule has 0 bridgehead atoms. The third-order valence-electron chi connectivity index (χ3n) is 3.61. The second-order valence-corrected chi connectivity index (χ2v) is 6.14. The number of rotatable bonds is 5. The van der Waals surface area contributed by atoms with E-state index in [1.807, 2.05) is 13.0 Å². The van der Waals surface area contributed by atoms with Gasteiger partial charge in [-0.15, -0.1) is 0 Å². The number of hydrogen-bond donors (Lipinski definition) is 1. The van der Waals surface area contributed by atoms with Gasteiger partial charge in [0.25, 0.3) is 0 Å². The average molecular weight is 283 g/mol. The van der Waals surface area contributed by atoms with Crippen LogP contribution in [0.3, 0.4) is 0 Å². The number of nitrogens with zero attached hydrogens (tertiary/aromatic N) is 1. The quantitative estimate of drug-likeness (QED) is 0.840. The summed E-state index contributed by atoms with van der Waals surface area (Å²) in [5.74, 6) is 2.09. The summed E-state index contributed by atoms with van der Waals surface area (Å²) in [5, 5.41) is 3.94. The smallest absolute Gasteiger partial charge is 0.141 e. The highest BCUT2D eigenvalue weighted by molar-refractivity contribution is 6.29. The van der Waals surface area contributed by atoms with Crippen LogP contribution in [0.4, 0.5) is 0 Å². The molecular formula is C15H23ClN2O. The van der Waals surface area contributed by atoms with Crippen LogP contribution in [0.25, 0.3) is 0 Å². The van der Waals surface area contributed by atoms with Gasteiger partial charge in [-0.25, -0.2) is 4.98 Å². The molecule has 1 N–H and O–H groups in total. The Morgan fingerprint density at radius 3 is 2.84 bits per heavy atom. The van der Waals surface area contributed by atoms with Crippen molar-refractivity contribution in [1.29, 1.82) is 0 Å². The Hall–Kier alpha value is -0.800. The fourth-order valence-corrected chi connectivity index (χ4v) is 2.79. The molecular weight excluding hydrogens is 260 g/mol. The van der Waals surface area contributed by atoms with Gasteiger partial charge in [-0.1, -0.05) is 25.4 Å². The largest absolute Gasteiger partial charge is 0.488 e. The summed E-state index contributed by atoms with van der Waals surface area (Å²) in [6.07, 6.45) is 2.53. The van der Waals surface area contributed by atoms with Gasteiger partial charge in [-0.05, 0) is 44.4 Å². The number of hydrogen-bond acceptors (Lipinski definition) is 3. The minimum absolute atomic E-state index is 0.261. The predicted octanol–water partition coefficient (Wildman–Crippen LogP) is 3.45. The molecule has 2 atom stereocenters. The molecule has 1 fully saturated rings. The normalized spacial score (nSPS) is 20.8. The van der Waals surface area contributed by atoms with E-state index in [4.69, 9.17) is 16.3 Å². The van der Waals surface area contributed by atoms with Gasteiger partial charge in [0.15, 0.2) is 0 Å².